The first-order valence-electron chi connectivity index (χ1n) is 11.3. The number of pyridine rings is 1. The number of anilines is 1. The van der Waals surface area contributed by atoms with Gasteiger partial charge >= 0.3 is 5.97 Å². The van der Waals surface area contributed by atoms with Gasteiger partial charge in [-0.25, -0.2) is 13.2 Å². The number of hydrogen-bond acceptors (Lipinski definition) is 6. The van der Waals surface area contributed by atoms with Gasteiger partial charge in [0.05, 0.1) is 26.0 Å². The SMILES string of the molecule is COc1ccc(-c2cc(/C=C/c3ccc(NS(C)(=O)=O)cc3C(=O)O)c(OC)c(C(C)(C)C)c2)c(=O)[nH]1. The van der Waals surface area contributed by atoms with Crippen LogP contribution in [0.3, 0.4) is 0 Å². The second-order valence-corrected chi connectivity index (χ2v) is 11.2. The van der Waals surface area contributed by atoms with E-state index in [9.17, 15) is 23.1 Å². The zero-order chi connectivity index (χ0) is 27.5. The van der Waals surface area contributed by atoms with E-state index in [0.29, 0.717) is 33.9 Å². The van der Waals surface area contributed by atoms with Gasteiger partial charge < -0.3 is 14.6 Å². The molecule has 9 nitrogen and oxygen atoms in total. The Hall–Kier alpha value is -4.05. The summed E-state index contributed by atoms with van der Waals surface area (Å²) in [5, 5.41) is 9.72. The van der Waals surface area contributed by atoms with Gasteiger partial charge in [0.25, 0.3) is 5.56 Å². The van der Waals surface area contributed by atoms with Crippen molar-refractivity contribution in [2.75, 3.05) is 25.2 Å². The van der Waals surface area contributed by atoms with Crippen molar-refractivity contribution in [1.82, 2.24) is 4.98 Å². The molecule has 2 aromatic carbocycles. The lowest BCUT2D eigenvalue weighted by molar-refractivity contribution is 0.0696. The molecule has 196 valence electrons. The number of hydrogen-bond donors (Lipinski definition) is 3. The number of aromatic amines is 1. The number of H-pyrrole nitrogens is 1. The number of carboxylic acids is 1. The van der Waals surface area contributed by atoms with Gasteiger partial charge in [0, 0.05) is 22.4 Å². The van der Waals surface area contributed by atoms with Crippen molar-refractivity contribution >= 4 is 33.8 Å². The second kappa shape index (κ2) is 10.5. The van der Waals surface area contributed by atoms with Gasteiger partial charge in [-0.15, -0.1) is 0 Å². The third-order valence-corrected chi connectivity index (χ3v) is 6.18. The van der Waals surface area contributed by atoms with Crippen LogP contribution in [-0.4, -0.2) is 45.0 Å². The largest absolute Gasteiger partial charge is 0.496 e. The smallest absolute Gasteiger partial charge is 0.336 e. The molecule has 3 rings (SSSR count). The molecule has 1 heterocycles. The standard InChI is InChI=1S/C27H30N2O7S/c1-27(2,3)22-14-18(20-11-12-23(35-4)28-25(20)30)13-17(24(22)36-5)8-7-16-9-10-19(29-37(6,33)34)15-21(16)26(31)32/h7-15,29H,1-6H3,(H,28,30)(H,31,32)/b8-7+. The van der Waals surface area contributed by atoms with E-state index in [1.54, 1.807) is 37.5 Å². The van der Waals surface area contributed by atoms with E-state index < -0.39 is 16.0 Å². The van der Waals surface area contributed by atoms with Crippen LogP contribution in [0.15, 0.2) is 47.3 Å². The fourth-order valence-corrected chi connectivity index (χ4v) is 4.42. The summed E-state index contributed by atoms with van der Waals surface area (Å²) in [6.45, 7) is 6.07. The zero-order valence-corrected chi connectivity index (χ0v) is 22.3. The van der Waals surface area contributed by atoms with Crippen LogP contribution < -0.4 is 19.8 Å². The molecule has 0 unspecified atom stereocenters. The Morgan fingerprint density at radius 2 is 1.68 bits per heavy atom. The minimum absolute atomic E-state index is 0.0809. The third-order valence-electron chi connectivity index (χ3n) is 5.57. The van der Waals surface area contributed by atoms with E-state index in [-0.39, 0.29) is 22.2 Å². The molecular weight excluding hydrogens is 496 g/mol. The van der Waals surface area contributed by atoms with Crippen molar-refractivity contribution in [1.29, 1.82) is 0 Å². The van der Waals surface area contributed by atoms with Crippen molar-refractivity contribution in [3.63, 3.8) is 0 Å². The van der Waals surface area contributed by atoms with Crippen LogP contribution in [0, 0.1) is 0 Å². The van der Waals surface area contributed by atoms with Crippen LogP contribution in [-0.2, 0) is 15.4 Å². The molecule has 0 bridgehead atoms. The summed E-state index contributed by atoms with van der Waals surface area (Å²) in [7, 11) is -0.550. The minimum atomic E-state index is -3.57. The number of sulfonamides is 1. The number of ether oxygens (including phenoxy) is 2. The maximum Gasteiger partial charge on any atom is 0.336 e. The maximum absolute atomic E-state index is 12.8. The van der Waals surface area contributed by atoms with E-state index in [1.165, 1.54) is 25.3 Å². The van der Waals surface area contributed by atoms with Gasteiger partial charge in [-0.05, 0) is 52.9 Å². The summed E-state index contributed by atoms with van der Waals surface area (Å²) in [6, 6.07) is 11.3. The van der Waals surface area contributed by atoms with Gasteiger partial charge in [0.15, 0.2) is 5.88 Å². The van der Waals surface area contributed by atoms with Crippen molar-refractivity contribution in [2.45, 2.75) is 26.2 Å². The monoisotopic (exact) mass is 526 g/mol. The van der Waals surface area contributed by atoms with E-state index in [2.05, 4.69) is 9.71 Å². The number of aromatic carboxylic acids is 1. The molecular formula is C27H30N2O7S. The molecule has 0 aliphatic heterocycles. The summed E-state index contributed by atoms with van der Waals surface area (Å²) in [5.41, 5.74) is 2.34. The highest BCUT2D eigenvalue weighted by molar-refractivity contribution is 7.92. The van der Waals surface area contributed by atoms with Gasteiger partial charge in [-0.2, -0.15) is 0 Å². The zero-order valence-electron chi connectivity index (χ0n) is 21.5. The van der Waals surface area contributed by atoms with Crippen LogP contribution in [0.25, 0.3) is 23.3 Å². The van der Waals surface area contributed by atoms with Crippen LogP contribution >= 0.6 is 0 Å². The number of carboxylic acid groups (broad SMARTS) is 1. The van der Waals surface area contributed by atoms with Gasteiger partial charge in [-0.1, -0.05) is 39.0 Å². The molecule has 0 fully saturated rings. The lowest BCUT2D eigenvalue weighted by Gasteiger charge is -2.24. The van der Waals surface area contributed by atoms with Gasteiger partial charge in [0.1, 0.15) is 5.75 Å². The second-order valence-electron chi connectivity index (χ2n) is 9.48. The average molecular weight is 527 g/mol. The van der Waals surface area contributed by atoms with E-state index in [1.807, 2.05) is 26.8 Å². The molecule has 3 N–H and O–H groups in total. The Kier molecular flexibility index (Phi) is 7.83. The summed E-state index contributed by atoms with van der Waals surface area (Å²) in [5.74, 6) is -0.282. The average Bonchev–Trinajstić information content (AvgIpc) is 2.80. The molecule has 10 heteroatoms. The van der Waals surface area contributed by atoms with Crippen LogP contribution in [0.1, 0.15) is 47.8 Å². The lowest BCUT2D eigenvalue weighted by Crippen LogP contribution is -2.15. The summed E-state index contributed by atoms with van der Waals surface area (Å²) < 4.78 is 36.2. The Balaban J connectivity index is 2.19. The van der Waals surface area contributed by atoms with E-state index in [0.717, 1.165) is 11.8 Å². The van der Waals surface area contributed by atoms with Crippen molar-refractivity contribution in [3.05, 3.63) is 75.1 Å². The van der Waals surface area contributed by atoms with Gasteiger partial charge in [-0.3, -0.25) is 14.5 Å². The summed E-state index contributed by atoms with van der Waals surface area (Å²) in [6.07, 6.45) is 4.31. The van der Waals surface area contributed by atoms with Crippen molar-refractivity contribution in [2.24, 2.45) is 0 Å². The van der Waals surface area contributed by atoms with Crippen LogP contribution in [0.2, 0.25) is 0 Å². The molecule has 0 aliphatic rings. The molecule has 0 atom stereocenters. The predicted molar refractivity (Wildman–Crippen MR) is 145 cm³/mol. The van der Waals surface area contributed by atoms with Crippen LogP contribution in [0.5, 0.6) is 11.6 Å². The summed E-state index contributed by atoms with van der Waals surface area (Å²) >= 11 is 0. The highest BCUT2D eigenvalue weighted by Crippen LogP contribution is 2.38. The highest BCUT2D eigenvalue weighted by Gasteiger charge is 2.23. The predicted octanol–water partition coefficient (Wildman–Crippen LogP) is 4.60. The molecule has 37 heavy (non-hydrogen) atoms. The van der Waals surface area contributed by atoms with E-state index >= 15 is 0 Å². The maximum atomic E-state index is 12.8. The number of methoxy groups -OCH3 is 2. The molecule has 0 amide bonds. The Labute approximate surface area is 215 Å². The number of aromatic nitrogens is 1. The van der Waals surface area contributed by atoms with Crippen molar-refractivity contribution in [3.8, 4) is 22.8 Å². The molecule has 3 aromatic rings. The molecule has 0 spiro atoms. The summed E-state index contributed by atoms with van der Waals surface area (Å²) in [4.78, 5) is 27.3. The Morgan fingerprint density at radius 1 is 1.00 bits per heavy atom. The first kappa shape index (κ1) is 27.5. The molecule has 0 aliphatic carbocycles. The van der Waals surface area contributed by atoms with Crippen LogP contribution in [0.4, 0.5) is 5.69 Å². The highest BCUT2D eigenvalue weighted by atomic mass is 32.2. The number of carbonyl (C=O) groups is 1. The quantitative estimate of drug-likeness (QED) is 0.365. The first-order valence-corrected chi connectivity index (χ1v) is 13.2. The minimum Gasteiger partial charge on any atom is -0.496 e. The van der Waals surface area contributed by atoms with E-state index in [4.69, 9.17) is 9.47 Å². The Morgan fingerprint density at radius 3 is 2.22 bits per heavy atom. The Bertz CT molecular complexity index is 1530. The van der Waals surface area contributed by atoms with Gasteiger partial charge in [0.2, 0.25) is 10.0 Å². The topological polar surface area (TPSA) is 135 Å². The fourth-order valence-electron chi connectivity index (χ4n) is 3.86. The first-order chi connectivity index (χ1) is 17.2. The molecule has 0 radical (unpaired) electrons. The number of rotatable bonds is 8. The normalized spacial score (nSPS) is 11.9. The molecule has 0 saturated heterocycles. The third kappa shape index (κ3) is 6.59. The molecule has 0 saturated carbocycles. The number of nitrogens with one attached hydrogen (secondary N) is 2. The number of benzene rings is 2. The molecule has 1 aromatic heterocycles. The van der Waals surface area contributed by atoms with Crippen molar-refractivity contribution < 1.29 is 27.8 Å². The fraction of sp³-hybridized carbons (Fsp3) is 0.259. The lowest BCUT2D eigenvalue weighted by atomic mass is 9.83.